The molecule has 1 atom stereocenters. The van der Waals surface area contributed by atoms with Crippen molar-refractivity contribution in [3.63, 3.8) is 0 Å². The second-order valence-corrected chi connectivity index (χ2v) is 4.35. The van der Waals surface area contributed by atoms with Gasteiger partial charge in [0.05, 0.1) is 12.8 Å². The van der Waals surface area contributed by atoms with E-state index in [1.54, 1.807) is 7.11 Å². The summed E-state index contributed by atoms with van der Waals surface area (Å²) < 4.78 is 5.20. The Morgan fingerprint density at radius 1 is 1.50 bits per heavy atom. The lowest BCUT2D eigenvalue weighted by Gasteiger charge is -2.15. The van der Waals surface area contributed by atoms with E-state index in [1.807, 2.05) is 18.2 Å². The van der Waals surface area contributed by atoms with Crippen molar-refractivity contribution in [3.05, 3.63) is 18.2 Å². The maximum absolute atomic E-state index is 5.77. The molecule has 1 fully saturated rings. The van der Waals surface area contributed by atoms with E-state index in [9.17, 15) is 0 Å². The van der Waals surface area contributed by atoms with Gasteiger partial charge in [0.2, 0.25) is 0 Å². The van der Waals surface area contributed by atoms with Gasteiger partial charge in [0.15, 0.2) is 0 Å². The molecule has 0 saturated carbocycles. The normalized spacial score (nSPS) is 21.0. The largest absolute Gasteiger partial charge is 0.495 e. The molecule has 2 rings (SSSR count). The maximum Gasteiger partial charge on any atom is 0.143 e. The van der Waals surface area contributed by atoms with Crippen LogP contribution >= 0.6 is 0 Å². The molecule has 4 nitrogen and oxygen atoms in total. The first-order valence-corrected chi connectivity index (χ1v) is 5.57. The molecule has 0 amide bonds. The van der Waals surface area contributed by atoms with E-state index in [4.69, 9.17) is 10.5 Å². The van der Waals surface area contributed by atoms with E-state index in [2.05, 4.69) is 17.3 Å². The van der Waals surface area contributed by atoms with Gasteiger partial charge in [-0.05, 0) is 32.1 Å². The second-order valence-electron chi connectivity index (χ2n) is 4.35. The lowest BCUT2D eigenvalue weighted by atomic mass is 10.2. The summed E-state index contributed by atoms with van der Waals surface area (Å²) in [5, 5.41) is 3.50. The lowest BCUT2D eigenvalue weighted by molar-refractivity contribution is 0.413. The van der Waals surface area contributed by atoms with E-state index in [0.717, 1.165) is 24.5 Å². The first kappa shape index (κ1) is 11.1. The summed E-state index contributed by atoms with van der Waals surface area (Å²) in [5.41, 5.74) is 7.52. The van der Waals surface area contributed by atoms with Crippen molar-refractivity contribution in [2.45, 2.75) is 12.5 Å². The highest BCUT2D eigenvalue weighted by Crippen LogP contribution is 2.26. The van der Waals surface area contributed by atoms with Crippen molar-refractivity contribution in [1.82, 2.24) is 4.90 Å². The molecule has 0 spiro atoms. The fourth-order valence-corrected chi connectivity index (χ4v) is 2.09. The van der Waals surface area contributed by atoms with Crippen LogP contribution in [0.4, 0.5) is 11.4 Å². The molecule has 88 valence electrons. The standard InChI is InChI=1S/C12H19N3O/c1-15-6-5-10(8-15)14-9-3-4-11(13)12(7-9)16-2/h3-4,7,10,14H,5-6,8,13H2,1-2H3. The van der Waals surface area contributed by atoms with Crippen molar-refractivity contribution < 1.29 is 4.74 Å². The summed E-state index contributed by atoms with van der Waals surface area (Å²) in [6.07, 6.45) is 1.18. The van der Waals surface area contributed by atoms with Crippen LogP contribution in [0.1, 0.15) is 6.42 Å². The van der Waals surface area contributed by atoms with Crippen LogP contribution in [0.2, 0.25) is 0 Å². The fourth-order valence-electron chi connectivity index (χ4n) is 2.09. The Bertz CT molecular complexity index is 367. The molecule has 0 aromatic heterocycles. The quantitative estimate of drug-likeness (QED) is 0.757. The number of rotatable bonds is 3. The summed E-state index contributed by atoms with van der Waals surface area (Å²) in [7, 11) is 3.78. The molecule has 1 aromatic carbocycles. The lowest BCUT2D eigenvalue weighted by Crippen LogP contribution is -2.23. The Kier molecular flexibility index (Phi) is 3.19. The number of nitrogens with zero attached hydrogens (tertiary/aromatic N) is 1. The van der Waals surface area contributed by atoms with Crippen molar-refractivity contribution in [1.29, 1.82) is 0 Å². The third-order valence-electron chi connectivity index (χ3n) is 3.00. The molecule has 0 aliphatic carbocycles. The van der Waals surface area contributed by atoms with Crippen LogP contribution in [0.3, 0.4) is 0 Å². The van der Waals surface area contributed by atoms with Gasteiger partial charge in [-0.3, -0.25) is 0 Å². The van der Waals surface area contributed by atoms with Crippen LogP contribution in [0, 0.1) is 0 Å². The Labute approximate surface area is 96.4 Å². The second kappa shape index (κ2) is 4.61. The number of nitrogens with one attached hydrogen (secondary N) is 1. The van der Waals surface area contributed by atoms with Crippen LogP contribution in [-0.4, -0.2) is 38.2 Å². The topological polar surface area (TPSA) is 50.5 Å². The Morgan fingerprint density at radius 2 is 2.31 bits per heavy atom. The van der Waals surface area contributed by atoms with Gasteiger partial charge in [0.25, 0.3) is 0 Å². The molecular formula is C12H19N3O. The number of nitrogen functional groups attached to an aromatic ring is 1. The summed E-state index contributed by atoms with van der Waals surface area (Å²) in [6.45, 7) is 2.25. The van der Waals surface area contributed by atoms with Gasteiger partial charge >= 0.3 is 0 Å². The number of anilines is 2. The number of methoxy groups -OCH3 is 1. The SMILES string of the molecule is COc1cc(NC2CCN(C)C2)ccc1N. The number of likely N-dealkylation sites (tertiary alicyclic amines) is 1. The predicted molar refractivity (Wildman–Crippen MR) is 66.9 cm³/mol. The molecule has 1 aliphatic rings. The molecule has 0 bridgehead atoms. The number of nitrogens with two attached hydrogens (primary N) is 1. The van der Waals surface area contributed by atoms with Gasteiger partial charge in [-0.25, -0.2) is 0 Å². The zero-order chi connectivity index (χ0) is 11.5. The Balaban J connectivity index is 2.04. The highest BCUT2D eigenvalue weighted by Gasteiger charge is 2.19. The average Bonchev–Trinajstić information content (AvgIpc) is 2.67. The third kappa shape index (κ3) is 2.39. The number of hydrogen-bond donors (Lipinski definition) is 2. The molecule has 0 radical (unpaired) electrons. The highest BCUT2D eigenvalue weighted by molar-refractivity contribution is 5.61. The average molecular weight is 221 g/mol. The summed E-state index contributed by atoms with van der Waals surface area (Å²) in [4.78, 5) is 2.33. The highest BCUT2D eigenvalue weighted by atomic mass is 16.5. The minimum Gasteiger partial charge on any atom is -0.495 e. The van der Waals surface area contributed by atoms with E-state index in [1.165, 1.54) is 6.42 Å². The predicted octanol–water partition coefficient (Wildman–Crippen LogP) is 1.39. The number of likely N-dealkylation sites (N-methyl/N-ethyl adjacent to an activating group) is 1. The molecule has 3 N–H and O–H groups in total. The van der Waals surface area contributed by atoms with Crippen molar-refractivity contribution in [2.75, 3.05) is 38.3 Å². The molecule has 16 heavy (non-hydrogen) atoms. The zero-order valence-corrected chi connectivity index (χ0v) is 9.86. The minimum absolute atomic E-state index is 0.526. The van der Waals surface area contributed by atoms with Crippen LogP contribution < -0.4 is 15.8 Å². The number of ether oxygens (including phenoxy) is 1. The minimum atomic E-state index is 0.526. The molecular weight excluding hydrogens is 202 g/mol. The van der Waals surface area contributed by atoms with Crippen molar-refractivity contribution in [2.24, 2.45) is 0 Å². The number of hydrogen-bond acceptors (Lipinski definition) is 4. The number of benzene rings is 1. The first-order chi connectivity index (χ1) is 7.69. The van der Waals surface area contributed by atoms with Gasteiger partial charge in [-0.1, -0.05) is 0 Å². The van der Waals surface area contributed by atoms with Crippen molar-refractivity contribution >= 4 is 11.4 Å². The molecule has 1 aliphatic heterocycles. The summed E-state index contributed by atoms with van der Waals surface area (Å²) in [5.74, 6) is 0.733. The molecule has 4 heteroatoms. The van der Waals surface area contributed by atoms with E-state index in [-0.39, 0.29) is 0 Å². The Morgan fingerprint density at radius 3 is 2.94 bits per heavy atom. The van der Waals surface area contributed by atoms with Gasteiger partial charge in [-0.15, -0.1) is 0 Å². The van der Waals surface area contributed by atoms with Gasteiger partial charge in [0, 0.05) is 24.3 Å². The summed E-state index contributed by atoms with van der Waals surface area (Å²) >= 11 is 0. The van der Waals surface area contributed by atoms with Gasteiger partial charge in [-0.2, -0.15) is 0 Å². The van der Waals surface area contributed by atoms with E-state index < -0.39 is 0 Å². The van der Waals surface area contributed by atoms with E-state index >= 15 is 0 Å². The van der Waals surface area contributed by atoms with E-state index in [0.29, 0.717) is 11.7 Å². The van der Waals surface area contributed by atoms with Crippen LogP contribution in [0.5, 0.6) is 5.75 Å². The molecule has 1 aromatic rings. The zero-order valence-electron chi connectivity index (χ0n) is 9.86. The third-order valence-corrected chi connectivity index (χ3v) is 3.00. The molecule has 1 saturated heterocycles. The fraction of sp³-hybridized carbons (Fsp3) is 0.500. The monoisotopic (exact) mass is 221 g/mol. The van der Waals surface area contributed by atoms with Crippen LogP contribution in [0.15, 0.2) is 18.2 Å². The van der Waals surface area contributed by atoms with Crippen LogP contribution in [0.25, 0.3) is 0 Å². The summed E-state index contributed by atoms with van der Waals surface area (Å²) in [6, 6.07) is 6.35. The van der Waals surface area contributed by atoms with Gasteiger partial charge in [0.1, 0.15) is 5.75 Å². The molecule has 1 heterocycles. The molecule has 1 unspecified atom stereocenters. The van der Waals surface area contributed by atoms with Crippen LogP contribution in [-0.2, 0) is 0 Å². The van der Waals surface area contributed by atoms with Gasteiger partial charge < -0.3 is 20.7 Å². The maximum atomic E-state index is 5.77. The Hall–Kier alpha value is -1.42. The first-order valence-electron chi connectivity index (χ1n) is 5.57. The van der Waals surface area contributed by atoms with Crippen molar-refractivity contribution in [3.8, 4) is 5.75 Å². The smallest absolute Gasteiger partial charge is 0.143 e.